The molecule has 0 aliphatic carbocycles. The Kier molecular flexibility index (Phi) is 4.08. The standard InChI is InChI=1S/C18H13F3N2O2/c1-10-15(13-7-2-3-8-14(13)22-10)16(24)17(25)23-12-6-4-5-11(9-12)18(19,20)21/h2-9,22H,1H3,(H,23,25). The van der Waals surface area contributed by atoms with Crippen molar-refractivity contribution in [3.8, 4) is 0 Å². The van der Waals surface area contributed by atoms with Crippen molar-refractivity contribution in [2.24, 2.45) is 0 Å². The zero-order valence-electron chi connectivity index (χ0n) is 13.1. The summed E-state index contributed by atoms with van der Waals surface area (Å²) in [5.41, 5.74) is 0.437. The first kappa shape index (κ1) is 16.8. The first-order valence-electron chi connectivity index (χ1n) is 7.37. The van der Waals surface area contributed by atoms with E-state index in [4.69, 9.17) is 0 Å². The highest BCUT2D eigenvalue weighted by Crippen LogP contribution is 2.30. The number of nitrogens with one attached hydrogen (secondary N) is 2. The molecule has 0 spiro atoms. The number of Topliss-reactive ketones (excluding diaryl/α,β-unsaturated/α-hetero) is 1. The fourth-order valence-electron chi connectivity index (χ4n) is 2.64. The largest absolute Gasteiger partial charge is 0.416 e. The molecule has 7 heteroatoms. The number of anilines is 1. The van der Waals surface area contributed by atoms with Crippen molar-refractivity contribution < 1.29 is 22.8 Å². The van der Waals surface area contributed by atoms with Crippen LogP contribution in [0.2, 0.25) is 0 Å². The molecule has 25 heavy (non-hydrogen) atoms. The molecule has 0 unspecified atom stereocenters. The number of amides is 1. The fourth-order valence-corrected chi connectivity index (χ4v) is 2.64. The summed E-state index contributed by atoms with van der Waals surface area (Å²) in [7, 11) is 0. The summed E-state index contributed by atoms with van der Waals surface area (Å²) >= 11 is 0. The van der Waals surface area contributed by atoms with Crippen LogP contribution in [0.25, 0.3) is 10.9 Å². The second kappa shape index (κ2) is 6.08. The smallest absolute Gasteiger partial charge is 0.358 e. The third kappa shape index (κ3) is 3.26. The highest BCUT2D eigenvalue weighted by molar-refractivity contribution is 6.48. The van der Waals surface area contributed by atoms with Crippen molar-refractivity contribution in [3.05, 3.63) is 65.4 Å². The van der Waals surface area contributed by atoms with E-state index in [0.717, 1.165) is 12.1 Å². The highest BCUT2D eigenvalue weighted by atomic mass is 19.4. The fraction of sp³-hybridized carbons (Fsp3) is 0.111. The molecule has 4 nitrogen and oxygen atoms in total. The summed E-state index contributed by atoms with van der Waals surface area (Å²) in [6.07, 6.45) is -4.53. The number of ketones is 1. The number of halogens is 3. The number of rotatable bonds is 3. The van der Waals surface area contributed by atoms with Crippen LogP contribution in [-0.2, 0) is 11.0 Å². The Balaban J connectivity index is 1.89. The number of hydrogen-bond acceptors (Lipinski definition) is 2. The van der Waals surface area contributed by atoms with E-state index < -0.39 is 23.4 Å². The van der Waals surface area contributed by atoms with Crippen LogP contribution in [-0.4, -0.2) is 16.7 Å². The maximum Gasteiger partial charge on any atom is 0.416 e. The van der Waals surface area contributed by atoms with Gasteiger partial charge in [-0.25, -0.2) is 0 Å². The van der Waals surface area contributed by atoms with Crippen LogP contribution >= 0.6 is 0 Å². The number of alkyl halides is 3. The molecule has 0 bridgehead atoms. The maximum absolute atomic E-state index is 12.7. The topological polar surface area (TPSA) is 62.0 Å². The summed E-state index contributed by atoms with van der Waals surface area (Å²) in [5, 5.41) is 2.82. The number of para-hydroxylation sites is 1. The molecule has 1 amide bonds. The van der Waals surface area contributed by atoms with E-state index >= 15 is 0 Å². The summed E-state index contributed by atoms with van der Waals surface area (Å²) in [4.78, 5) is 27.7. The minimum atomic E-state index is -4.53. The number of carbonyl (C=O) groups excluding carboxylic acids is 2. The van der Waals surface area contributed by atoms with Crippen LogP contribution in [0.4, 0.5) is 18.9 Å². The van der Waals surface area contributed by atoms with Crippen molar-refractivity contribution in [1.82, 2.24) is 4.98 Å². The van der Waals surface area contributed by atoms with Crippen LogP contribution in [0.1, 0.15) is 21.6 Å². The Labute approximate surface area is 140 Å². The van der Waals surface area contributed by atoms with E-state index in [-0.39, 0.29) is 11.3 Å². The number of aryl methyl sites for hydroxylation is 1. The number of benzene rings is 2. The van der Waals surface area contributed by atoms with Gasteiger partial charge in [-0.05, 0) is 31.2 Å². The van der Waals surface area contributed by atoms with Gasteiger partial charge in [-0.3, -0.25) is 9.59 Å². The number of carbonyl (C=O) groups is 2. The van der Waals surface area contributed by atoms with E-state index in [2.05, 4.69) is 10.3 Å². The molecule has 3 rings (SSSR count). The van der Waals surface area contributed by atoms with Crippen molar-refractivity contribution in [3.63, 3.8) is 0 Å². The summed E-state index contributed by atoms with van der Waals surface area (Å²) in [5.74, 6) is -1.81. The molecule has 0 saturated carbocycles. The van der Waals surface area contributed by atoms with Gasteiger partial charge in [-0.1, -0.05) is 24.3 Å². The first-order chi connectivity index (χ1) is 11.8. The van der Waals surface area contributed by atoms with Gasteiger partial charge >= 0.3 is 6.18 Å². The predicted octanol–water partition coefficient (Wildman–Crippen LogP) is 4.32. The number of hydrogen-bond donors (Lipinski definition) is 2. The molecule has 128 valence electrons. The lowest BCUT2D eigenvalue weighted by Crippen LogP contribution is -2.23. The minimum absolute atomic E-state index is 0.0920. The zero-order valence-corrected chi connectivity index (χ0v) is 13.1. The normalized spacial score (nSPS) is 11.5. The van der Waals surface area contributed by atoms with E-state index in [1.54, 1.807) is 31.2 Å². The van der Waals surface area contributed by atoms with Crippen molar-refractivity contribution in [2.75, 3.05) is 5.32 Å². The Morgan fingerprint density at radius 2 is 1.76 bits per heavy atom. The summed E-state index contributed by atoms with van der Waals surface area (Å²) in [6, 6.07) is 11.1. The molecule has 0 aliphatic heterocycles. The molecule has 0 fully saturated rings. The Hall–Kier alpha value is -3.09. The van der Waals surface area contributed by atoms with Gasteiger partial charge in [0.1, 0.15) is 0 Å². The van der Waals surface area contributed by atoms with Gasteiger partial charge in [-0.2, -0.15) is 13.2 Å². The lowest BCUT2D eigenvalue weighted by atomic mass is 10.1. The first-order valence-corrected chi connectivity index (χ1v) is 7.37. The van der Waals surface area contributed by atoms with Gasteiger partial charge < -0.3 is 10.3 Å². The highest BCUT2D eigenvalue weighted by Gasteiger charge is 2.31. The molecule has 0 atom stereocenters. The average molecular weight is 346 g/mol. The number of H-pyrrole nitrogens is 1. The SMILES string of the molecule is Cc1[nH]c2ccccc2c1C(=O)C(=O)Nc1cccc(C(F)(F)F)c1. The minimum Gasteiger partial charge on any atom is -0.358 e. The van der Waals surface area contributed by atoms with Gasteiger partial charge in [-0.15, -0.1) is 0 Å². The van der Waals surface area contributed by atoms with Crippen LogP contribution in [0, 0.1) is 6.92 Å². The quantitative estimate of drug-likeness (QED) is 0.548. The van der Waals surface area contributed by atoms with Crippen LogP contribution < -0.4 is 5.32 Å². The lowest BCUT2D eigenvalue weighted by molar-refractivity contribution is -0.137. The molecule has 1 heterocycles. The average Bonchev–Trinajstić information content (AvgIpc) is 2.89. The Morgan fingerprint density at radius 3 is 2.48 bits per heavy atom. The molecule has 1 aromatic heterocycles. The monoisotopic (exact) mass is 346 g/mol. The molecule has 0 radical (unpaired) electrons. The van der Waals surface area contributed by atoms with Crippen LogP contribution in [0.15, 0.2) is 48.5 Å². The van der Waals surface area contributed by atoms with Gasteiger partial charge in [0.25, 0.3) is 11.7 Å². The Morgan fingerprint density at radius 1 is 1.04 bits per heavy atom. The van der Waals surface area contributed by atoms with Crippen molar-refractivity contribution in [2.45, 2.75) is 13.1 Å². The van der Waals surface area contributed by atoms with E-state index in [1.807, 2.05) is 0 Å². The number of fused-ring (bicyclic) bond motifs is 1. The molecule has 0 aliphatic rings. The van der Waals surface area contributed by atoms with Crippen molar-refractivity contribution >= 4 is 28.3 Å². The molecular weight excluding hydrogens is 333 g/mol. The summed E-state index contributed by atoms with van der Waals surface area (Å²) < 4.78 is 38.2. The number of aromatic amines is 1. The lowest BCUT2D eigenvalue weighted by Gasteiger charge is -2.09. The maximum atomic E-state index is 12.7. The molecule has 2 N–H and O–H groups in total. The third-order valence-corrected chi connectivity index (χ3v) is 3.77. The molecular formula is C18H13F3N2O2. The second-order valence-corrected chi connectivity index (χ2v) is 5.53. The Bertz CT molecular complexity index is 974. The van der Waals surface area contributed by atoms with Gasteiger partial charge in [0.15, 0.2) is 0 Å². The van der Waals surface area contributed by atoms with Crippen LogP contribution in [0.5, 0.6) is 0 Å². The van der Waals surface area contributed by atoms with Gasteiger partial charge in [0.05, 0.1) is 11.1 Å². The zero-order chi connectivity index (χ0) is 18.2. The van der Waals surface area contributed by atoms with E-state index in [1.165, 1.54) is 12.1 Å². The van der Waals surface area contributed by atoms with E-state index in [0.29, 0.717) is 16.6 Å². The third-order valence-electron chi connectivity index (χ3n) is 3.77. The van der Waals surface area contributed by atoms with Gasteiger partial charge in [0, 0.05) is 22.3 Å². The van der Waals surface area contributed by atoms with Crippen LogP contribution in [0.3, 0.4) is 0 Å². The predicted molar refractivity (Wildman–Crippen MR) is 87.4 cm³/mol. The second-order valence-electron chi connectivity index (χ2n) is 5.53. The van der Waals surface area contributed by atoms with Crippen molar-refractivity contribution in [1.29, 1.82) is 0 Å². The van der Waals surface area contributed by atoms with E-state index in [9.17, 15) is 22.8 Å². The number of aromatic nitrogens is 1. The summed E-state index contributed by atoms with van der Waals surface area (Å²) in [6.45, 7) is 1.66. The van der Waals surface area contributed by atoms with Gasteiger partial charge in [0.2, 0.25) is 0 Å². The molecule has 2 aromatic carbocycles. The molecule has 0 saturated heterocycles. The molecule has 3 aromatic rings.